The van der Waals surface area contributed by atoms with E-state index in [-0.39, 0.29) is 24.4 Å². The Labute approximate surface area is 184 Å². The molecule has 9 nitrogen and oxygen atoms in total. The molecule has 3 heterocycles. The molecule has 10 heteroatoms. The molecule has 1 aliphatic rings. The number of rotatable bonds is 5. The van der Waals surface area contributed by atoms with Crippen LogP contribution in [0.5, 0.6) is 0 Å². The van der Waals surface area contributed by atoms with Crippen LogP contribution in [0.2, 0.25) is 5.02 Å². The van der Waals surface area contributed by atoms with Crippen LogP contribution in [0.1, 0.15) is 30.3 Å². The standard InChI is InChI=1S/C21H25ClN6O3/c1-13-24-19(31-26-13)10-20(29)28-7-3-4-17(12-28)27(2)21(30)23-11-16-9-14-8-15(22)5-6-18(14)25-16/h5-6,8-9,17,25H,3-4,7,10-12H2,1-2H3,(H,23,30). The summed E-state index contributed by atoms with van der Waals surface area (Å²) in [5.74, 6) is 0.753. The maximum Gasteiger partial charge on any atom is 0.317 e. The molecule has 4 rings (SSSR count). The van der Waals surface area contributed by atoms with Crippen LogP contribution in [0.25, 0.3) is 10.9 Å². The fourth-order valence-corrected chi connectivity index (χ4v) is 4.05. The zero-order valence-corrected chi connectivity index (χ0v) is 18.3. The number of carbonyl (C=O) groups excluding carboxylic acids is 2. The van der Waals surface area contributed by atoms with Gasteiger partial charge in [-0.05, 0) is 44.0 Å². The van der Waals surface area contributed by atoms with E-state index in [9.17, 15) is 9.59 Å². The van der Waals surface area contributed by atoms with Crippen LogP contribution in [-0.4, -0.2) is 63.0 Å². The number of benzene rings is 1. The molecule has 0 radical (unpaired) electrons. The van der Waals surface area contributed by atoms with Gasteiger partial charge in [-0.1, -0.05) is 16.8 Å². The molecule has 1 saturated heterocycles. The second-order valence-corrected chi connectivity index (χ2v) is 8.28. The number of hydrogen-bond acceptors (Lipinski definition) is 5. The van der Waals surface area contributed by atoms with E-state index in [1.807, 2.05) is 24.3 Å². The van der Waals surface area contributed by atoms with Gasteiger partial charge in [-0.25, -0.2) is 4.79 Å². The second-order valence-electron chi connectivity index (χ2n) is 7.84. The van der Waals surface area contributed by atoms with Gasteiger partial charge in [0.25, 0.3) is 0 Å². The lowest BCUT2D eigenvalue weighted by molar-refractivity contribution is -0.132. The minimum absolute atomic E-state index is 0.0522. The fourth-order valence-electron chi connectivity index (χ4n) is 3.87. The van der Waals surface area contributed by atoms with Crippen LogP contribution in [0.3, 0.4) is 0 Å². The molecule has 1 fully saturated rings. The molecular weight excluding hydrogens is 420 g/mol. The minimum atomic E-state index is -0.177. The molecule has 164 valence electrons. The van der Waals surface area contributed by atoms with Gasteiger partial charge in [0.2, 0.25) is 11.8 Å². The topological polar surface area (TPSA) is 107 Å². The van der Waals surface area contributed by atoms with Crippen molar-refractivity contribution in [3.63, 3.8) is 0 Å². The van der Waals surface area contributed by atoms with Gasteiger partial charge in [-0.2, -0.15) is 4.98 Å². The number of H-pyrrole nitrogens is 1. The van der Waals surface area contributed by atoms with Gasteiger partial charge in [-0.3, -0.25) is 4.79 Å². The zero-order valence-electron chi connectivity index (χ0n) is 17.5. The molecule has 0 saturated carbocycles. The molecule has 0 aliphatic carbocycles. The van der Waals surface area contributed by atoms with Gasteiger partial charge in [0.05, 0.1) is 12.6 Å². The van der Waals surface area contributed by atoms with Crippen molar-refractivity contribution in [3.05, 3.63) is 46.7 Å². The van der Waals surface area contributed by atoms with Crippen molar-refractivity contribution in [2.75, 3.05) is 20.1 Å². The van der Waals surface area contributed by atoms with Crippen molar-refractivity contribution in [3.8, 4) is 0 Å². The van der Waals surface area contributed by atoms with Crippen LogP contribution in [-0.2, 0) is 17.8 Å². The summed E-state index contributed by atoms with van der Waals surface area (Å²) < 4.78 is 5.05. The number of amides is 3. The Hall–Kier alpha value is -3.07. The van der Waals surface area contributed by atoms with E-state index in [4.69, 9.17) is 16.1 Å². The summed E-state index contributed by atoms with van der Waals surface area (Å²) in [6, 6.07) is 7.37. The zero-order chi connectivity index (χ0) is 22.0. The highest BCUT2D eigenvalue weighted by atomic mass is 35.5. The van der Waals surface area contributed by atoms with E-state index in [1.165, 1.54) is 0 Å². The van der Waals surface area contributed by atoms with Gasteiger partial charge in [0.15, 0.2) is 5.82 Å². The number of aromatic nitrogens is 3. The van der Waals surface area contributed by atoms with Crippen molar-refractivity contribution < 1.29 is 14.1 Å². The van der Waals surface area contributed by atoms with E-state index >= 15 is 0 Å². The number of carbonyl (C=O) groups is 2. The molecular formula is C21H25ClN6O3. The van der Waals surface area contributed by atoms with Crippen LogP contribution in [0.15, 0.2) is 28.8 Å². The number of likely N-dealkylation sites (tertiary alicyclic amines) is 1. The molecule has 31 heavy (non-hydrogen) atoms. The van der Waals surface area contributed by atoms with Crippen LogP contribution in [0.4, 0.5) is 4.79 Å². The smallest absolute Gasteiger partial charge is 0.317 e. The SMILES string of the molecule is Cc1noc(CC(=O)N2CCCC(N(C)C(=O)NCc3cc4cc(Cl)ccc4[nH]3)C2)n1. The van der Waals surface area contributed by atoms with E-state index in [0.717, 1.165) is 29.4 Å². The minimum Gasteiger partial charge on any atom is -0.357 e. The summed E-state index contributed by atoms with van der Waals surface area (Å²) >= 11 is 6.03. The first kappa shape index (κ1) is 21.2. The predicted molar refractivity (Wildman–Crippen MR) is 116 cm³/mol. The Kier molecular flexibility index (Phi) is 6.13. The van der Waals surface area contributed by atoms with E-state index in [2.05, 4.69) is 20.4 Å². The van der Waals surface area contributed by atoms with Crippen LogP contribution in [0, 0.1) is 6.92 Å². The molecule has 1 atom stereocenters. The molecule has 3 aromatic rings. The van der Waals surface area contributed by atoms with Crippen molar-refractivity contribution in [2.45, 2.75) is 38.8 Å². The highest BCUT2D eigenvalue weighted by molar-refractivity contribution is 6.31. The number of nitrogens with one attached hydrogen (secondary N) is 2. The average molecular weight is 445 g/mol. The number of halogens is 1. The third-order valence-corrected chi connectivity index (χ3v) is 5.79. The number of nitrogens with zero attached hydrogens (tertiary/aromatic N) is 4. The van der Waals surface area contributed by atoms with E-state index in [1.54, 1.807) is 23.8 Å². The molecule has 1 aliphatic heterocycles. The molecule has 1 unspecified atom stereocenters. The quantitative estimate of drug-likeness (QED) is 0.629. The third-order valence-electron chi connectivity index (χ3n) is 5.56. The summed E-state index contributed by atoms with van der Waals surface area (Å²) in [6.45, 7) is 3.24. The van der Waals surface area contributed by atoms with Gasteiger partial charge < -0.3 is 24.6 Å². The number of fused-ring (bicyclic) bond motifs is 1. The van der Waals surface area contributed by atoms with Crippen molar-refractivity contribution in [1.82, 2.24) is 30.2 Å². The number of aryl methyl sites for hydroxylation is 1. The first-order valence-electron chi connectivity index (χ1n) is 10.2. The van der Waals surface area contributed by atoms with Gasteiger partial charge in [-0.15, -0.1) is 0 Å². The van der Waals surface area contributed by atoms with Crippen molar-refractivity contribution in [1.29, 1.82) is 0 Å². The van der Waals surface area contributed by atoms with Crippen LogP contribution < -0.4 is 5.32 Å². The summed E-state index contributed by atoms with van der Waals surface area (Å²) in [4.78, 5) is 36.1. The fraction of sp³-hybridized carbons (Fsp3) is 0.429. The lowest BCUT2D eigenvalue weighted by atomic mass is 10.0. The number of aromatic amines is 1. The van der Waals surface area contributed by atoms with E-state index in [0.29, 0.717) is 36.4 Å². The number of urea groups is 1. The summed E-state index contributed by atoms with van der Waals surface area (Å²) in [5.41, 5.74) is 1.87. The van der Waals surface area contributed by atoms with E-state index < -0.39 is 0 Å². The summed E-state index contributed by atoms with van der Waals surface area (Å²) in [5, 5.41) is 8.34. The molecule has 1 aromatic carbocycles. The number of piperidine rings is 1. The first-order chi connectivity index (χ1) is 14.9. The molecule has 2 N–H and O–H groups in total. The lowest BCUT2D eigenvalue weighted by Crippen LogP contribution is -2.52. The van der Waals surface area contributed by atoms with Crippen molar-refractivity contribution in [2.24, 2.45) is 0 Å². The Morgan fingerprint density at radius 3 is 3.00 bits per heavy atom. The number of hydrogen-bond donors (Lipinski definition) is 2. The normalized spacial score (nSPS) is 16.5. The van der Waals surface area contributed by atoms with Gasteiger partial charge >= 0.3 is 6.03 Å². The average Bonchev–Trinajstić information content (AvgIpc) is 3.36. The maximum atomic E-state index is 12.7. The maximum absolute atomic E-state index is 12.7. The molecule has 0 spiro atoms. The largest absolute Gasteiger partial charge is 0.357 e. The Bertz CT molecular complexity index is 1090. The predicted octanol–water partition coefficient (Wildman–Crippen LogP) is 2.89. The highest BCUT2D eigenvalue weighted by Crippen LogP contribution is 2.20. The highest BCUT2D eigenvalue weighted by Gasteiger charge is 2.29. The Morgan fingerprint density at radius 2 is 2.23 bits per heavy atom. The lowest BCUT2D eigenvalue weighted by Gasteiger charge is -2.37. The number of likely N-dealkylation sites (N-methyl/N-ethyl adjacent to an activating group) is 1. The second kappa shape index (κ2) is 8.97. The monoisotopic (exact) mass is 444 g/mol. The van der Waals surface area contributed by atoms with Gasteiger partial charge in [0.1, 0.15) is 6.42 Å². The van der Waals surface area contributed by atoms with Gasteiger partial charge in [0, 0.05) is 41.8 Å². The molecule has 3 amide bonds. The van der Waals surface area contributed by atoms with Crippen LogP contribution >= 0.6 is 11.6 Å². The molecule has 0 bridgehead atoms. The first-order valence-corrected chi connectivity index (χ1v) is 10.6. The molecule has 2 aromatic heterocycles. The third kappa shape index (κ3) is 4.99. The summed E-state index contributed by atoms with van der Waals surface area (Å²) in [7, 11) is 1.76. The Morgan fingerprint density at radius 1 is 1.39 bits per heavy atom. The summed E-state index contributed by atoms with van der Waals surface area (Å²) in [6.07, 6.45) is 1.76. The Balaban J connectivity index is 1.31. The van der Waals surface area contributed by atoms with Crippen molar-refractivity contribution >= 4 is 34.4 Å².